The Hall–Kier alpha value is -1.22. The van der Waals surface area contributed by atoms with Crippen LogP contribution >= 0.6 is 28.1 Å². The zero-order chi connectivity index (χ0) is 17.2. The summed E-state index contributed by atoms with van der Waals surface area (Å²) in [4.78, 5) is 13.5. The second-order valence-corrected chi connectivity index (χ2v) is 6.87. The van der Waals surface area contributed by atoms with Gasteiger partial charge in [0.05, 0.1) is 32.0 Å². The van der Waals surface area contributed by atoms with Crippen LogP contribution in [-0.4, -0.2) is 57.0 Å². The zero-order valence-corrected chi connectivity index (χ0v) is 16.0. The molecule has 0 aliphatic carbocycles. The highest BCUT2D eigenvalue weighted by Gasteiger charge is 2.12. The van der Waals surface area contributed by atoms with Crippen molar-refractivity contribution in [2.24, 2.45) is 0 Å². The number of nitrogens with one attached hydrogen (secondary N) is 4. The van der Waals surface area contributed by atoms with E-state index in [1.807, 2.05) is 24.3 Å². The second kappa shape index (κ2) is 10.6. The van der Waals surface area contributed by atoms with Crippen LogP contribution in [0.5, 0.6) is 0 Å². The van der Waals surface area contributed by atoms with Crippen molar-refractivity contribution in [3.8, 4) is 0 Å². The van der Waals surface area contributed by atoms with Crippen molar-refractivity contribution < 1.29 is 14.4 Å². The summed E-state index contributed by atoms with van der Waals surface area (Å²) in [5.74, 6) is -0.135. The average molecular weight is 416 g/mol. The maximum absolute atomic E-state index is 11.9. The molecule has 1 aliphatic rings. The standard InChI is InChI=1S/C16H23BrN4O2S/c17-13-4-1-2-5-14(13)20-15(22)12-19-16(24)18-6-3-7-21-8-10-23-11-9-21/h1-2,4-5H,3,6-12H2,(H,20,22)(H2,18,19,24)/p+1. The lowest BCUT2D eigenvalue weighted by Crippen LogP contribution is -3.14. The van der Waals surface area contributed by atoms with Crippen molar-refractivity contribution in [1.29, 1.82) is 0 Å². The number of thiocarbonyl (C=S) groups is 1. The van der Waals surface area contributed by atoms with Gasteiger partial charge in [-0.25, -0.2) is 0 Å². The number of amides is 1. The molecule has 4 N–H and O–H groups in total. The smallest absolute Gasteiger partial charge is 0.243 e. The number of hydrogen-bond acceptors (Lipinski definition) is 3. The van der Waals surface area contributed by atoms with E-state index in [1.165, 1.54) is 0 Å². The molecule has 0 saturated carbocycles. The van der Waals surface area contributed by atoms with Crippen LogP contribution in [0.15, 0.2) is 28.7 Å². The second-order valence-electron chi connectivity index (χ2n) is 5.60. The van der Waals surface area contributed by atoms with Crippen LogP contribution in [0.1, 0.15) is 6.42 Å². The minimum atomic E-state index is -0.135. The van der Waals surface area contributed by atoms with Crippen LogP contribution < -0.4 is 20.9 Å². The highest BCUT2D eigenvalue weighted by molar-refractivity contribution is 9.10. The normalized spacial score (nSPS) is 14.9. The average Bonchev–Trinajstić information content (AvgIpc) is 2.60. The Kier molecular flexibility index (Phi) is 8.44. The third-order valence-electron chi connectivity index (χ3n) is 3.75. The first-order valence-corrected chi connectivity index (χ1v) is 9.32. The fourth-order valence-corrected chi connectivity index (χ4v) is 2.99. The van der Waals surface area contributed by atoms with E-state index in [0.29, 0.717) is 5.11 Å². The summed E-state index contributed by atoms with van der Waals surface area (Å²) in [6, 6.07) is 7.49. The van der Waals surface area contributed by atoms with Gasteiger partial charge in [-0.05, 0) is 40.3 Å². The highest BCUT2D eigenvalue weighted by atomic mass is 79.9. The van der Waals surface area contributed by atoms with Gasteiger partial charge in [0.1, 0.15) is 13.1 Å². The molecule has 1 aromatic rings. The van der Waals surface area contributed by atoms with E-state index < -0.39 is 0 Å². The molecule has 24 heavy (non-hydrogen) atoms. The van der Waals surface area contributed by atoms with Crippen molar-refractivity contribution in [2.45, 2.75) is 6.42 Å². The molecule has 0 spiro atoms. The summed E-state index contributed by atoms with van der Waals surface area (Å²) >= 11 is 8.59. The molecule has 0 unspecified atom stereocenters. The Bertz CT molecular complexity index is 553. The summed E-state index contributed by atoms with van der Waals surface area (Å²) in [5.41, 5.74) is 0.747. The number of hydrogen-bond donors (Lipinski definition) is 4. The van der Waals surface area contributed by atoms with Gasteiger partial charge in [0.2, 0.25) is 5.91 Å². The topological polar surface area (TPSA) is 66.8 Å². The molecule has 1 aliphatic heterocycles. The predicted octanol–water partition coefficient (Wildman–Crippen LogP) is 0.157. The number of benzene rings is 1. The summed E-state index contributed by atoms with van der Waals surface area (Å²) in [6.45, 7) is 5.94. The Morgan fingerprint density at radius 1 is 1.25 bits per heavy atom. The van der Waals surface area contributed by atoms with E-state index >= 15 is 0 Å². The van der Waals surface area contributed by atoms with E-state index in [2.05, 4.69) is 31.9 Å². The first-order chi connectivity index (χ1) is 11.6. The van der Waals surface area contributed by atoms with Crippen molar-refractivity contribution in [3.05, 3.63) is 28.7 Å². The number of carbonyl (C=O) groups excluding carboxylic acids is 1. The summed E-state index contributed by atoms with van der Waals surface area (Å²) in [5, 5.41) is 9.40. The van der Waals surface area contributed by atoms with E-state index in [0.717, 1.165) is 56.0 Å². The maximum atomic E-state index is 11.9. The van der Waals surface area contributed by atoms with Crippen LogP contribution in [0.4, 0.5) is 5.69 Å². The van der Waals surface area contributed by atoms with E-state index in [9.17, 15) is 4.79 Å². The Morgan fingerprint density at radius 2 is 2.00 bits per heavy atom. The van der Waals surface area contributed by atoms with Crippen LogP contribution in [-0.2, 0) is 9.53 Å². The number of quaternary nitrogens is 1. The lowest BCUT2D eigenvalue weighted by atomic mass is 10.3. The molecule has 6 nitrogen and oxygen atoms in total. The number of ether oxygens (including phenoxy) is 1. The largest absolute Gasteiger partial charge is 0.370 e. The molecule has 1 amide bonds. The van der Waals surface area contributed by atoms with Gasteiger partial charge in [-0.15, -0.1) is 0 Å². The predicted molar refractivity (Wildman–Crippen MR) is 102 cm³/mol. The molecule has 1 heterocycles. The summed E-state index contributed by atoms with van der Waals surface area (Å²) in [7, 11) is 0. The summed E-state index contributed by atoms with van der Waals surface area (Å²) < 4.78 is 6.19. The van der Waals surface area contributed by atoms with Gasteiger partial charge in [-0.2, -0.15) is 0 Å². The monoisotopic (exact) mass is 415 g/mol. The number of anilines is 1. The number of para-hydroxylation sites is 1. The van der Waals surface area contributed by atoms with E-state index in [-0.39, 0.29) is 12.5 Å². The fraction of sp³-hybridized carbons (Fsp3) is 0.500. The molecule has 0 aromatic heterocycles. The van der Waals surface area contributed by atoms with Gasteiger partial charge in [0.25, 0.3) is 0 Å². The number of rotatable bonds is 7. The Labute approximate surface area is 156 Å². The minimum Gasteiger partial charge on any atom is -0.370 e. The van der Waals surface area contributed by atoms with Gasteiger partial charge in [0.15, 0.2) is 5.11 Å². The molecule has 0 atom stereocenters. The highest BCUT2D eigenvalue weighted by Crippen LogP contribution is 2.20. The Balaban J connectivity index is 1.55. The third kappa shape index (κ3) is 7.12. The summed E-state index contributed by atoms with van der Waals surface area (Å²) in [6.07, 6.45) is 1.04. The Morgan fingerprint density at radius 3 is 2.75 bits per heavy atom. The molecule has 1 saturated heterocycles. The third-order valence-corrected chi connectivity index (χ3v) is 4.73. The quantitative estimate of drug-likeness (QED) is 0.377. The lowest BCUT2D eigenvalue weighted by molar-refractivity contribution is -0.908. The SMILES string of the molecule is O=C(CNC(=S)NCCC[NH+]1CCOCC1)Nc1ccccc1Br. The minimum absolute atomic E-state index is 0.135. The molecule has 0 radical (unpaired) electrons. The molecule has 2 rings (SSSR count). The van der Waals surface area contributed by atoms with Gasteiger partial charge in [-0.3, -0.25) is 4.79 Å². The molecular weight excluding hydrogens is 392 g/mol. The molecule has 1 fully saturated rings. The number of morpholine rings is 1. The van der Waals surface area contributed by atoms with Crippen molar-refractivity contribution in [3.63, 3.8) is 0 Å². The molecule has 8 heteroatoms. The molecule has 0 bridgehead atoms. The van der Waals surface area contributed by atoms with E-state index in [1.54, 1.807) is 4.90 Å². The van der Waals surface area contributed by atoms with Gasteiger partial charge < -0.3 is 25.6 Å². The van der Waals surface area contributed by atoms with Gasteiger partial charge in [-0.1, -0.05) is 12.1 Å². The van der Waals surface area contributed by atoms with Crippen LogP contribution in [0.3, 0.4) is 0 Å². The molecular formula is C16H24BrN4O2S+. The number of carbonyl (C=O) groups is 1. The van der Waals surface area contributed by atoms with E-state index in [4.69, 9.17) is 17.0 Å². The van der Waals surface area contributed by atoms with Crippen molar-refractivity contribution in [1.82, 2.24) is 10.6 Å². The lowest BCUT2D eigenvalue weighted by Gasteiger charge is -2.23. The maximum Gasteiger partial charge on any atom is 0.243 e. The van der Waals surface area contributed by atoms with Gasteiger partial charge in [0, 0.05) is 17.4 Å². The van der Waals surface area contributed by atoms with Crippen molar-refractivity contribution in [2.75, 3.05) is 51.3 Å². The number of halogens is 1. The van der Waals surface area contributed by atoms with Gasteiger partial charge >= 0.3 is 0 Å². The first-order valence-electron chi connectivity index (χ1n) is 8.12. The van der Waals surface area contributed by atoms with Crippen LogP contribution in [0.2, 0.25) is 0 Å². The fourth-order valence-electron chi connectivity index (χ4n) is 2.43. The zero-order valence-electron chi connectivity index (χ0n) is 13.6. The first kappa shape index (κ1) is 19.1. The molecule has 132 valence electrons. The van der Waals surface area contributed by atoms with Crippen LogP contribution in [0.25, 0.3) is 0 Å². The van der Waals surface area contributed by atoms with Crippen molar-refractivity contribution >= 4 is 44.9 Å². The molecule has 1 aromatic carbocycles. The van der Waals surface area contributed by atoms with Crippen LogP contribution in [0, 0.1) is 0 Å².